The van der Waals surface area contributed by atoms with E-state index in [1.165, 1.54) is 23.0 Å². The van der Waals surface area contributed by atoms with Crippen LogP contribution in [0, 0.1) is 5.41 Å². The number of nitrogens with zero attached hydrogens (tertiary/aromatic N) is 2. The van der Waals surface area contributed by atoms with E-state index >= 15 is 0 Å². The molecule has 1 amide bonds. The molecule has 2 aromatic heterocycles. The van der Waals surface area contributed by atoms with Gasteiger partial charge in [-0.1, -0.05) is 34.1 Å². The van der Waals surface area contributed by atoms with Gasteiger partial charge in [-0.05, 0) is 23.3 Å². The molecule has 2 aromatic rings. The predicted molar refractivity (Wildman–Crippen MR) is 102 cm³/mol. The van der Waals surface area contributed by atoms with Crippen LogP contribution in [0.1, 0.15) is 40.5 Å². The third-order valence-electron chi connectivity index (χ3n) is 3.79. The van der Waals surface area contributed by atoms with Crippen molar-refractivity contribution in [1.29, 1.82) is 0 Å². The van der Waals surface area contributed by atoms with Gasteiger partial charge < -0.3 is 9.84 Å². The molecule has 0 aliphatic rings. The first-order valence-electron chi connectivity index (χ1n) is 8.41. The number of hydrogen-bond donors (Lipinski definition) is 1. The van der Waals surface area contributed by atoms with Crippen molar-refractivity contribution in [3.8, 4) is 5.75 Å². The smallest absolute Gasteiger partial charge is 0.412 e. The van der Waals surface area contributed by atoms with Crippen molar-refractivity contribution in [2.75, 3.05) is 18.6 Å². The van der Waals surface area contributed by atoms with Crippen molar-refractivity contribution in [1.82, 2.24) is 4.57 Å². The number of carbonyl (C=O) groups is 1. The molecular weight excluding hydrogens is 340 g/mol. The predicted octanol–water partition coefficient (Wildman–Crippen LogP) is 4.40. The normalized spacial score (nSPS) is 11.7. The number of pyridine rings is 1. The van der Waals surface area contributed by atoms with Gasteiger partial charge in [-0.2, -0.15) is 0 Å². The molecule has 138 valence electrons. The average Bonchev–Trinajstić information content (AvgIpc) is 2.99. The Morgan fingerprint density at radius 2 is 2.08 bits per heavy atom. The van der Waals surface area contributed by atoms with Crippen LogP contribution in [0.5, 0.6) is 5.75 Å². The summed E-state index contributed by atoms with van der Waals surface area (Å²) in [5.41, 5.74) is -0.375. The van der Waals surface area contributed by atoms with Crippen molar-refractivity contribution in [2.45, 2.75) is 47.1 Å². The molecule has 0 aliphatic heterocycles. The van der Waals surface area contributed by atoms with Crippen LogP contribution in [0.4, 0.5) is 10.6 Å². The first kappa shape index (κ1) is 19.3. The van der Waals surface area contributed by atoms with E-state index < -0.39 is 6.09 Å². The molecule has 0 unspecified atom stereocenters. The zero-order valence-corrected chi connectivity index (χ0v) is 16.3. The lowest BCUT2D eigenvalue weighted by molar-refractivity contribution is 0.202. The van der Waals surface area contributed by atoms with Gasteiger partial charge in [0.2, 0.25) is 0 Å². The van der Waals surface area contributed by atoms with E-state index in [1.807, 2.05) is 26.2 Å². The van der Waals surface area contributed by atoms with E-state index in [4.69, 9.17) is 4.74 Å². The van der Waals surface area contributed by atoms with Crippen molar-refractivity contribution in [2.24, 2.45) is 5.41 Å². The molecule has 25 heavy (non-hydrogen) atoms. The van der Waals surface area contributed by atoms with Crippen LogP contribution >= 0.6 is 11.3 Å². The van der Waals surface area contributed by atoms with Gasteiger partial charge in [-0.3, -0.25) is 14.3 Å². The molecular formula is C18H26N2O4S. The SMILES string of the molecule is CCCCOc1c(N(C)C(=O)O)n(CC(C)(C)C)c(=O)c2ccsc12. The monoisotopic (exact) mass is 366 g/mol. The van der Waals surface area contributed by atoms with Gasteiger partial charge in [0.25, 0.3) is 5.56 Å². The number of unbranched alkanes of at least 4 members (excludes halogenated alkanes) is 1. The van der Waals surface area contributed by atoms with Crippen LogP contribution < -0.4 is 15.2 Å². The Bertz CT molecular complexity index is 817. The fourth-order valence-corrected chi connectivity index (χ4v) is 3.49. The third-order valence-corrected chi connectivity index (χ3v) is 4.70. The Balaban J connectivity index is 2.77. The highest BCUT2D eigenvalue weighted by Crippen LogP contribution is 2.38. The molecule has 0 atom stereocenters. The maximum absolute atomic E-state index is 13.0. The molecule has 2 heterocycles. The van der Waals surface area contributed by atoms with E-state index in [9.17, 15) is 14.7 Å². The second kappa shape index (κ2) is 7.47. The summed E-state index contributed by atoms with van der Waals surface area (Å²) in [5.74, 6) is 0.783. The lowest BCUT2D eigenvalue weighted by atomic mass is 9.96. The van der Waals surface area contributed by atoms with E-state index in [-0.39, 0.29) is 11.0 Å². The molecule has 6 nitrogen and oxygen atoms in total. The molecule has 0 aromatic carbocycles. The summed E-state index contributed by atoms with van der Waals surface area (Å²) in [4.78, 5) is 25.7. The maximum Gasteiger partial charge on any atom is 0.412 e. The largest absolute Gasteiger partial charge is 0.488 e. The molecule has 2 rings (SSSR count). The summed E-state index contributed by atoms with van der Waals surface area (Å²) in [7, 11) is 1.45. The zero-order chi connectivity index (χ0) is 18.8. The van der Waals surface area contributed by atoms with Gasteiger partial charge in [0.05, 0.1) is 16.7 Å². The number of thiophene rings is 1. The second-order valence-electron chi connectivity index (χ2n) is 7.31. The molecule has 0 aliphatic carbocycles. The summed E-state index contributed by atoms with van der Waals surface area (Å²) in [6.45, 7) is 8.99. The number of rotatable bonds is 6. The quantitative estimate of drug-likeness (QED) is 0.769. The molecule has 0 spiro atoms. The number of fused-ring (bicyclic) bond motifs is 1. The van der Waals surface area contributed by atoms with Crippen molar-refractivity contribution < 1.29 is 14.6 Å². The van der Waals surface area contributed by atoms with Gasteiger partial charge in [-0.15, -0.1) is 11.3 Å². The minimum Gasteiger partial charge on any atom is -0.488 e. The number of amides is 1. The van der Waals surface area contributed by atoms with Crippen LogP contribution in [0.25, 0.3) is 10.1 Å². The van der Waals surface area contributed by atoms with Crippen LogP contribution in [-0.2, 0) is 6.54 Å². The van der Waals surface area contributed by atoms with Crippen molar-refractivity contribution in [3.05, 3.63) is 21.8 Å². The Morgan fingerprint density at radius 3 is 2.64 bits per heavy atom. The molecule has 7 heteroatoms. The summed E-state index contributed by atoms with van der Waals surface area (Å²) >= 11 is 1.40. The van der Waals surface area contributed by atoms with Crippen LogP contribution in [0.15, 0.2) is 16.2 Å². The average molecular weight is 366 g/mol. The van der Waals surface area contributed by atoms with Gasteiger partial charge >= 0.3 is 6.09 Å². The Kier molecular flexibility index (Phi) is 5.77. The first-order valence-corrected chi connectivity index (χ1v) is 9.28. The fourth-order valence-electron chi connectivity index (χ4n) is 2.61. The molecule has 0 fully saturated rings. The lowest BCUT2D eigenvalue weighted by Crippen LogP contribution is -2.35. The highest BCUT2D eigenvalue weighted by molar-refractivity contribution is 7.17. The molecule has 1 N–H and O–H groups in total. The zero-order valence-electron chi connectivity index (χ0n) is 15.5. The Morgan fingerprint density at radius 1 is 1.40 bits per heavy atom. The lowest BCUT2D eigenvalue weighted by Gasteiger charge is -2.27. The van der Waals surface area contributed by atoms with Crippen molar-refractivity contribution >= 4 is 33.3 Å². The summed E-state index contributed by atoms with van der Waals surface area (Å²) < 4.78 is 8.21. The van der Waals surface area contributed by atoms with Gasteiger partial charge in [0, 0.05) is 13.6 Å². The van der Waals surface area contributed by atoms with E-state index in [0.717, 1.165) is 17.7 Å². The molecule has 0 saturated carbocycles. The molecule has 0 bridgehead atoms. The number of aromatic nitrogens is 1. The van der Waals surface area contributed by atoms with Gasteiger partial charge in [-0.25, -0.2) is 4.79 Å². The Hall–Kier alpha value is -2.02. The summed E-state index contributed by atoms with van der Waals surface area (Å²) in [6, 6.07) is 1.78. The highest BCUT2D eigenvalue weighted by atomic mass is 32.1. The minimum atomic E-state index is -1.13. The molecule has 0 radical (unpaired) electrons. The second-order valence-corrected chi connectivity index (χ2v) is 8.23. The van der Waals surface area contributed by atoms with Crippen LogP contribution in [0.3, 0.4) is 0 Å². The number of carboxylic acid groups (broad SMARTS) is 1. The van der Waals surface area contributed by atoms with Crippen LogP contribution in [0.2, 0.25) is 0 Å². The number of hydrogen-bond acceptors (Lipinski definition) is 4. The number of anilines is 1. The Labute approximate surface area is 151 Å². The van der Waals surface area contributed by atoms with E-state index in [0.29, 0.717) is 34.8 Å². The van der Waals surface area contributed by atoms with E-state index in [2.05, 4.69) is 6.92 Å². The number of ether oxygens (including phenoxy) is 1. The molecule has 0 saturated heterocycles. The third kappa shape index (κ3) is 4.15. The van der Waals surface area contributed by atoms with Crippen molar-refractivity contribution in [3.63, 3.8) is 0 Å². The summed E-state index contributed by atoms with van der Waals surface area (Å²) in [5, 5.41) is 11.9. The van der Waals surface area contributed by atoms with Gasteiger partial charge in [0.1, 0.15) is 0 Å². The van der Waals surface area contributed by atoms with Gasteiger partial charge in [0.15, 0.2) is 11.6 Å². The maximum atomic E-state index is 13.0. The standard InChI is InChI=1S/C18H26N2O4S/c1-6-7-9-24-13-14-12(8-10-25-14)16(21)20(11-18(2,3)4)15(13)19(5)17(22)23/h8,10H,6-7,9,11H2,1-5H3,(H,22,23). The van der Waals surface area contributed by atoms with E-state index in [1.54, 1.807) is 6.07 Å². The fraction of sp³-hybridized carbons (Fsp3) is 0.556. The summed E-state index contributed by atoms with van der Waals surface area (Å²) in [6.07, 6.45) is 0.708. The highest BCUT2D eigenvalue weighted by Gasteiger charge is 2.27. The minimum absolute atomic E-state index is 0.183. The van der Waals surface area contributed by atoms with Crippen LogP contribution in [-0.4, -0.2) is 29.4 Å². The first-order chi connectivity index (χ1) is 11.7. The topological polar surface area (TPSA) is 71.8 Å².